The monoisotopic (exact) mass is 533 g/mol. The fourth-order valence-corrected chi connectivity index (χ4v) is 4.91. The maximum Gasteiger partial charge on any atom is 0.332 e. The first-order valence-corrected chi connectivity index (χ1v) is 13.2. The predicted octanol–water partition coefficient (Wildman–Crippen LogP) is 4.54. The molecular formula is C29H32ClN5O3. The van der Waals surface area contributed by atoms with Gasteiger partial charge in [-0.2, -0.15) is 0 Å². The lowest BCUT2D eigenvalue weighted by Crippen LogP contribution is -2.46. The Hall–Kier alpha value is -3.75. The van der Waals surface area contributed by atoms with E-state index in [0.29, 0.717) is 24.4 Å². The van der Waals surface area contributed by atoms with E-state index in [1.54, 1.807) is 47.0 Å². The van der Waals surface area contributed by atoms with E-state index in [-0.39, 0.29) is 5.69 Å². The fraction of sp³-hybridized carbons (Fsp3) is 0.310. The Balaban J connectivity index is 1.15. The minimum atomic E-state index is -0.583. The Kier molecular flexibility index (Phi) is 8.00. The maximum absolute atomic E-state index is 12.9. The summed E-state index contributed by atoms with van der Waals surface area (Å²) in [5.41, 5.74) is 2.63. The molecule has 0 aliphatic carbocycles. The molecule has 2 aromatic carbocycles. The van der Waals surface area contributed by atoms with Crippen LogP contribution in [0.2, 0.25) is 5.02 Å². The van der Waals surface area contributed by atoms with Crippen molar-refractivity contribution in [1.29, 1.82) is 0 Å². The van der Waals surface area contributed by atoms with Crippen LogP contribution in [0, 0.1) is 0 Å². The molecule has 1 saturated heterocycles. The van der Waals surface area contributed by atoms with Gasteiger partial charge in [-0.15, -0.1) is 0 Å². The number of ether oxygens (including phenoxy) is 1. The molecule has 0 amide bonds. The van der Waals surface area contributed by atoms with E-state index in [1.165, 1.54) is 5.69 Å². The van der Waals surface area contributed by atoms with Crippen molar-refractivity contribution in [3.8, 4) is 11.4 Å². The Morgan fingerprint density at radius 1 is 0.921 bits per heavy atom. The van der Waals surface area contributed by atoms with Crippen molar-refractivity contribution >= 4 is 23.1 Å². The summed E-state index contributed by atoms with van der Waals surface area (Å²) in [6.45, 7) is 4.09. The van der Waals surface area contributed by atoms with Crippen LogP contribution in [0.3, 0.4) is 0 Å². The van der Waals surface area contributed by atoms with Gasteiger partial charge in [-0.3, -0.25) is 9.13 Å². The van der Waals surface area contributed by atoms with Gasteiger partial charge in [-0.25, -0.2) is 9.78 Å². The molecule has 3 heterocycles. The summed E-state index contributed by atoms with van der Waals surface area (Å²) in [7, 11) is 1.68. The summed E-state index contributed by atoms with van der Waals surface area (Å²) in [6.07, 6.45) is 5.95. The SMILES string of the molecule is COc1ccc(N2CCN(c3ccc(-n4ccn(CCC[C@@H](O)c5ccc(Cl)cc5)c4=O)cn3)CC2)cc1. The molecule has 1 aliphatic heterocycles. The number of piperazine rings is 1. The maximum atomic E-state index is 12.9. The van der Waals surface area contributed by atoms with Crippen molar-refractivity contribution in [3.63, 3.8) is 0 Å². The number of aliphatic hydroxyl groups excluding tert-OH is 1. The highest BCUT2D eigenvalue weighted by Crippen LogP contribution is 2.23. The van der Waals surface area contributed by atoms with Crippen LogP contribution in [0.5, 0.6) is 5.75 Å². The summed E-state index contributed by atoms with van der Waals surface area (Å²) >= 11 is 5.92. The summed E-state index contributed by atoms with van der Waals surface area (Å²) in [5, 5.41) is 11.1. The van der Waals surface area contributed by atoms with Crippen LogP contribution in [-0.2, 0) is 6.54 Å². The van der Waals surface area contributed by atoms with Gasteiger partial charge < -0.3 is 19.6 Å². The standard InChI is InChI=1S/C29H32ClN5O3/c1-38-26-11-8-24(9-12-26)32-15-17-33(18-16-32)28-13-10-25(21-31-28)35-20-19-34(29(35)37)14-2-3-27(36)22-4-6-23(30)7-5-22/h4-13,19-21,27,36H,2-3,14-18H2,1H3/t27-/m1/s1. The number of aryl methyl sites for hydroxylation is 1. The predicted molar refractivity (Wildman–Crippen MR) is 151 cm³/mol. The van der Waals surface area contributed by atoms with Gasteiger partial charge >= 0.3 is 5.69 Å². The molecule has 0 saturated carbocycles. The molecule has 2 aromatic heterocycles. The number of nitrogens with zero attached hydrogens (tertiary/aromatic N) is 5. The molecule has 8 nitrogen and oxygen atoms in total. The quantitative estimate of drug-likeness (QED) is 0.340. The number of benzene rings is 2. The van der Waals surface area contributed by atoms with Gasteiger partial charge in [0.25, 0.3) is 0 Å². The number of pyridine rings is 1. The molecule has 1 N–H and O–H groups in total. The number of hydrogen-bond donors (Lipinski definition) is 1. The van der Waals surface area contributed by atoms with E-state index < -0.39 is 6.10 Å². The highest BCUT2D eigenvalue weighted by atomic mass is 35.5. The van der Waals surface area contributed by atoms with Gasteiger partial charge in [0.2, 0.25) is 0 Å². The number of rotatable bonds is 9. The van der Waals surface area contributed by atoms with E-state index >= 15 is 0 Å². The summed E-state index contributed by atoms with van der Waals surface area (Å²) in [5.74, 6) is 1.77. The van der Waals surface area contributed by atoms with Crippen LogP contribution >= 0.6 is 11.6 Å². The van der Waals surface area contributed by atoms with Crippen molar-refractivity contribution in [1.82, 2.24) is 14.1 Å². The lowest BCUT2D eigenvalue weighted by atomic mass is 10.1. The number of aromatic nitrogens is 3. The van der Waals surface area contributed by atoms with Gasteiger partial charge in [0.1, 0.15) is 11.6 Å². The molecule has 38 heavy (non-hydrogen) atoms. The topological polar surface area (TPSA) is 75.8 Å². The zero-order valence-corrected chi connectivity index (χ0v) is 22.2. The average molecular weight is 534 g/mol. The third-order valence-electron chi connectivity index (χ3n) is 7.03. The lowest BCUT2D eigenvalue weighted by Gasteiger charge is -2.36. The summed E-state index contributed by atoms with van der Waals surface area (Å²) in [4.78, 5) is 22.2. The zero-order chi connectivity index (χ0) is 26.5. The Labute approximate surface area is 227 Å². The first kappa shape index (κ1) is 25.9. The van der Waals surface area contributed by atoms with Crippen molar-refractivity contribution in [2.75, 3.05) is 43.1 Å². The number of anilines is 2. The van der Waals surface area contributed by atoms with E-state index in [9.17, 15) is 9.90 Å². The van der Waals surface area contributed by atoms with Gasteiger partial charge in [0.15, 0.2) is 0 Å². The largest absolute Gasteiger partial charge is 0.497 e. The molecule has 0 unspecified atom stereocenters. The highest BCUT2D eigenvalue weighted by Gasteiger charge is 2.19. The number of aliphatic hydroxyl groups is 1. The van der Waals surface area contributed by atoms with Crippen LogP contribution in [0.15, 0.2) is 84.0 Å². The van der Waals surface area contributed by atoms with E-state index in [2.05, 4.69) is 26.9 Å². The van der Waals surface area contributed by atoms with E-state index in [0.717, 1.165) is 49.0 Å². The molecule has 0 spiro atoms. The molecular weight excluding hydrogens is 502 g/mol. The number of halogens is 1. The molecule has 1 aliphatic rings. The first-order valence-electron chi connectivity index (χ1n) is 12.8. The second-order valence-electron chi connectivity index (χ2n) is 9.40. The number of methoxy groups -OCH3 is 1. The van der Waals surface area contributed by atoms with Gasteiger partial charge in [-0.05, 0) is 66.9 Å². The molecule has 198 valence electrons. The van der Waals surface area contributed by atoms with Gasteiger partial charge in [0.05, 0.1) is 25.1 Å². The van der Waals surface area contributed by atoms with E-state index in [4.69, 9.17) is 16.3 Å². The minimum Gasteiger partial charge on any atom is -0.497 e. The number of imidazole rings is 1. The van der Waals surface area contributed by atoms with Crippen molar-refractivity contribution in [3.05, 3.63) is 100 Å². The van der Waals surface area contributed by atoms with Crippen LogP contribution in [0.1, 0.15) is 24.5 Å². The van der Waals surface area contributed by atoms with Crippen molar-refractivity contribution in [2.45, 2.75) is 25.5 Å². The van der Waals surface area contributed by atoms with Gasteiger partial charge in [-0.1, -0.05) is 23.7 Å². The second kappa shape index (κ2) is 11.8. The third kappa shape index (κ3) is 5.87. The van der Waals surface area contributed by atoms with E-state index in [1.807, 2.05) is 36.4 Å². The highest BCUT2D eigenvalue weighted by molar-refractivity contribution is 6.30. The third-order valence-corrected chi connectivity index (χ3v) is 7.28. The minimum absolute atomic E-state index is 0.117. The Morgan fingerprint density at radius 2 is 1.61 bits per heavy atom. The van der Waals surface area contributed by atoms with Crippen molar-refractivity contribution < 1.29 is 9.84 Å². The normalized spacial score (nSPS) is 14.5. The van der Waals surface area contributed by atoms with Gasteiger partial charge in [0, 0.05) is 55.8 Å². The molecule has 0 bridgehead atoms. The average Bonchev–Trinajstić information content (AvgIpc) is 3.33. The summed E-state index contributed by atoms with van der Waals surface area (Å²) in [6, 6.07) is 19.3. The lowest BCUT2D eigenvalue weighted by molar-refractivity contribution is 0.162. The smallest absolute Gasteiger partial charge is 0.332 e. The van der Waals surface area contributed by atoms with Crippen molar-refractivity contribution in [2.24, 2.45) is 0 Å². The molecule has 0 radical (unpaired) electrons. The zero-order valence-electron chi connectivity index (χ0n) is 21.4. The second-order valence-corrected chi connectivity index (χ2v) is 9.84. The fourth-order valence-electron chi connectivity index (χ4n) is 4.78. The summed E-state index contributed by atoms with van der Waals surface area (Å²) < 4.78 is 8.53. The van der Waals surface area contributed by atoms with Crippen LogP contribution < -0.4 is 20.2 Å². The number of hydrogen-bond acceptors (Lipinski definition) is 6. The molecule has 5 rings (SSSR count). The Morgan fingerprint density at radius 3 is 2.26 bits per heavy atom. The molecule has 1 atom stereocenters. The first-order chi connectivity index (χ1) is 18.5. The van der Waals surface area contributed by atoms with Crippen LogP contribution in [0.4, 0.5) is 11.5 Å². The van der Waals surface area contributed by atoms with Crippen LogP contribution in [-0.4, -0.2) is 52.5 Å². The molecule has 9 heteroatoms. The Bertz CT molecular complexity index is 1380. The molecule has 1 fully saturated rings. The van der Waals surface area contributed by atoms with Crippen LogP contribution in [0.25, 0.3) is 5.69 Å². The molecule has 4 aromatic rings.